The van der Waals surface area contributed by atoms with Crippen LogP contribution in [-0.4, -0.2) is 12.6 Å². The van der Waals surface area contributed by atoms with E-state index in [1.165, 1.54) is 6.08 Å². The SMILES string of the molecule is Nc1cc(C(F)(F)F)c(C=CCNC(=O)OCc2ccccc2)cc1F. The van der Waals surface area contributed by atoms with Gasteiger partial charge in [-0.1, -0.05) is 42.5 Å². The molecule has 0 bridgehead atoms. The maximum absolute atomic E-state index is 13.4. The Morgan fingerprint density at radius 3 is 2.54 bits per heavy atom. The standard InChI is InChI=1S/C18H16F4N2O2/c19-15-9-13(14(10-16(15)23)18(20,21)22)7-4-8-24-17(25)26-11-12-5-2-1-3-6-12/h1-7,9-10H,8,11,23H2,(H,24,25). The lowest BCUT2D eigenvalue weighted by Crippen LogP contribution is -2.24. The highest BCUT2D eigenvalue weighted by atomic mass is 19.4. The van der Waals surface area contributed by atoms with Crippen LogP contribution in [0.25, 0.3) is 6.08 Å². The van der Waals surface area contributed by atoms with Crippen LogP contribution < -0.4 is 11.1 Å². The maximum atomic E-state index is 13.4. The van der Waals surface area contributed by atoms with Crippen LogP contribution in [0.3, 0.4) is 0 Å². The van der Waals surface area contributed by atoms with E-state index < -0.39 is 29.3 Å². The number of nitrogens with two attached hydrogens (primary N) is 1. The van der Waals surface area contributed by atoms with Crippen LogP contribution in [0.1, 0.15) is 16.7 Å². The Morgan fingerprint density at radius 2 is 1.88 bits per heavy atom. The lowest BCUT2D eigenvalue weighted by molar-refractivity contribution is -0.137. The van der Waals surface area contributed by atoms with Gasteiger partial charge in [-0.05, 0) is 23.3 Å². The Labute approximate surface area is 147 Å². The van der Waals surface area contributed by atoms with Crippen molar-refractivity contribution in [1.29, 1.82) is 0 Å². The van der Waals surface area contributed by atoms with Gasteiger partial charge in [0, 0.05) is 6.54 Å². The van der Waals surface area contributed by atoms with Gasteiger partial charge in [0.05, 0.1) is 11.3 Å². The van der Waals surface area contributed by atoms with Crippen molar-refractivity contribution in [2.24, 2.45) is 0 Å². The van der Waals surface area contributed by atoms with Gasteiger partial charge in [-0.2, -0.15) is 13.2 Å². The Balaban J connectivity index is 1.92. The van der Waals surface area contributed by atoms with Crippen LogP contribution in [-0.2, 0) is 17.5 Å². The number of benzene rings is 2. The van der Waals surface area contributed by atoms with Crippen molar-refractivity contribution in [3.63, 3.8) is 0 Å². The quantitative estimate of drug-likeness (QED) is 0.609. The average molecular weight is 368 g/mol. The monoisotopic (exact) mass is 368 g/mol. The van der Waals surface area contributed by atoms with Crippen molar-refractivity contribution in [1.82, 2.24) is 5.32 Å². The summed E-state index contributed by atoms with van der Waals surface area (Å²) in [6, 6.07) is 10.2. The van der Waals surface area contributed by atoms with E-state index in [1.54, 1.807) is 24.3 Å². The molecule has 0 unspecified atom stereocenters. The Morgan fingerprint density at radius 1 is 1.19 bits per heavy atom. The number of alkyl carbamates (subject to hydrolysis) is 1. The largest absolute Gasteiger partial charge is 0.445 e. The summed E-state index contributed by atoms with van der Waals surface area (Å²) >= 11 is 0. The second kappa shape index (κ2) is 8.37. The number of halogens is 4. The van der Waals surface area contributed by atoms with Crippen molar-refractivity contribution in [2.45, 2.75) is 12.8 Å². The number of alkyl halides is 3. The van der Waals surface area contributed by atoms with Gasteiger partial charge in [-0.3, -0.25) is 0 Å². The molecule has 0 aromatic heterocycles. The Bertz CT molecular complexity index is 790. The van der Waals surface area contributed by atoms with Crippen LogP contribution in [0.4, 0.5) is 28.0 Å². The van der Waals surface area contributed by atoms with Crippen molar-refractivity contribution in [3.05, 3.63) is 71.0 Å². The van der Waals surface area contributed by atoms with Crippen molar-refractivity contribution in [3.8, 4) is 0 Å². The summed E-state index contributed by atoms with van der Waals surface area (Å²) in [4.78, 5) is 11.5. The molecule has 2 rings (SSSR count). The van der Waals surface area contributed by atoms with Crippen molar-refractivity contribution in [2.75, 3.05) is 12.3 Å². The van der Waals surface area contributed by atoms with Crippen LogP contribution in [0.5, 0.6) is 0 Å². The molecule has 8 heteroatoms. The number of anilines is 1. The van der Waals surface area contributed by atoms with Gasteiger partial charge in [-0.15, -0.1) is 0 Å². The molecular weight excluding hydrogens is 352 g/mol. The number of amides is 1. The van der Waals surface area contributed by atoms with Gasteiger partial charge in [0.1, 0.15) is 12.4 Å². The summed E-state index contributed by atoms with van der Waals surface area (Å²) < 4.78 is 57.3. The average Bonchev–Trinajstić information content (AvgIpc) is 2.59. The molecule has 0 radical (unpaired) electrons. The van der Waals surface area contributed by atoms with E-state index in [-0.39, 0.29) is 18.7 Å². The number of carbonyl (C=O) groups excluding carboxylic acids is 1. The second-order valence-corrected chi connectivity index (χ2v) is 5.30. The molecule has 2 aromatic carbocycles. The van der Waals surface area contributed by atoms with Crippen LogP contribution in [0.2, 0.25) is 0 Å². The molecule has 1 amide bonds. The van der Waals surface area contributed by atoms with Gasteiger partial charge < -0.3 is 15.8 Å². The number of nitrogens with one attached hydrogen (secondary N) is 1. The van der Waals surface area contributed by atoms with Gasteiger partial charge in [0.2, 0.25) is 0 Å². The molecule has 0 saturated heterocycles. The highest BCUT2D eigenvalue weighted by Gasteiger charge is 2.33. The zero-order valence-corrected chi connectivity index (χ0v) is 13.5. The smallest absolute Gasteiger partial charge is 0.417 e. The first-order chi connectivity index (χ1) is 12.3. The first kappa shape index (κ1) is 19.3. The molecule has 0 fully saturated rings. The molecule has 0 aliphatic heterocycles. The predicted octanol–water partition coefficient (Wildman–Crippen LogP) is 4.37. The van der Waals surface area contributed by atoms with E-state index in [0.717, 1.165) is 11.6 Å². The third-order valence-corrected chi connectivity index (χ3v) is 3.35. The lowest BCUT2D eigenvalue weighted by Gasteiger charge is -2.12. The molecule has 26 heavy (non-hydrogen) atoms. The summed E-state index contributed by atoms with van der Waals surface area (Å²) in [5, 5.41) is 2.36. The molecule has 0 aliphatic rings. The zero-order chi connectivity index (χ0) is 19.2. The van der Waals surface area contributed by atoms with E-state index in [2.05, 4.69) is 5.32 Å². The summed E-state index contributed by atoms with van der Waals surface area (Å²) in [5.74, 6) is -0.951. The highest BCUT2D eigenvalue weighted by molar-refractivity contribution is 5.68. The van der Waals surface area contributed by atoms with Gasteiger partial charge >= 0.3 is 12.3 Å². The first-order valence-electron chi connectivity index (χ1n) is 7.54. The minimum atomic E-state index is -4.68. The van der Waals surface area contributed by atoms with Crippen molar-refractivity contribution < 1.29 is 27.1 Å². The normalized spacial score (nSPS) is 11.5. The molecule has 138 valence electrons. The minimum absolute atomic E-state index is 0.0672. The number of nitrogen functional groups attached to an aromatic ring is 1. The first-order valence-corrected chi connectivity index (χ1v) is 7.54. The highest BCUT2D eigenvalue weighted by Crippen LogP contribution is 2.34. The van der Waals surface area contributed by atoms with Crippen LogP contribution in [0, 0.1) is 5.82 Å². The van der Waals surface area contributed by atoms with E-state index >= 15 is 0 Å². The number of hydrogen-bond acceptors (Lipinski definition) is 3. The van der Waals surface area contributed by atoms with Crippen LogP contribution >= 0.6 is 0 Å². The van der Waals surface area contributed by atoms with E-state index in [1.807, 2.05) is 6.07 Å². The Hall–Kier alpha value is -3.03. The number of ether oxygens (including phenoxy) is 1. The topological polar surface area (TPSA) is 64.3 Å². The lowest BCUT2D eigenvalue weighted by atomic mass is 10.0. The summed E-state index contributed by atoms with van der Waals surface area (Å²) in [6.07, 6.45) is -3.09. The molecule has 0 spiro atoms. The van der Waals surface area contributed by atoms with E-state index in [9.17, 15) is 22.4 Å². The third-order valence-electron chi connectivity index (χ3n) is 3.35. The fraction of sp³-hybridized carbons (Fsp3) is 0.167. The number of hydrogen-bond donors (Lipinski definition) is 2. The van der Waals surface area contributed by atoms with Gasteiger partial charge in [0.15, 0.2) is 0 Å². The second-order valence-electron chi connectivity index (χ2n) is 5.30. The van der Waals surface area contributed by atoms with Gasteiger partial charge in [-0.25, -0.2) is 9.18 Å². The van der Waals surface area contributed by atoms with Crippen LogP contribution in [0.15, 0.2) is 48.5 Å². The minimum Gasteiger partial charge on any atom is -0.445 e. The fourth-order valence-corrected chi connectivity index (χ4v) is 2.09. The molecule has 0 saturated carbocycles. The fourth-order valence-electron chi connectivity index (χ4n) is 2.09. The summed E-state index contributed by atoms with van der Waals surface area (Å²) in [7, 11) is 0. The molecule has 0 heterocycles. The molecular formula is C18H16F4N2O2. The van der Waals surface area contributed by atoms with E-state index in [0.29, 0.717) is 12.1 Å². The van der Waals surface area contributed by atoms with E-state index in [4.69, 9.17) is 10.5 Å². The number of rotatable bonds is 5. The predicted molar refractivity (Wildman–Crippen MR) is 89.5 cm³/mol. The summed E-state index contributed by atoms with van der Waals surface area (Å²) in [5.41, 5.74) is 3.96. The molecule has 0 atom stereocenters. The third kappa shape index (κ3) is 5.51. The van der Waals surface area contributed by atoms with Gasteiger partial charge in [0.25, 0.3) is 0 Å². The molecule has 2 aromatic rings. The Kier molecular flexibility index (Phi) is 6.21. The maximum Gasteiger partial charge on any atom is 0.417 e. The summed E-state index contributed by atoms with van der Waals surface area (Å²) in [6.45, 7) is -0.0191. The number of carbonyl (C=O) groups is 1. The zero-order valence-electron chi connectivity index (χ0n) is 13.5. The molecule has 3 N–H and O–H groups in total. The molecule has 4 nitrogen and oxygen atoms in total. The molecule has 0 aliphatic carbocycles. The van der Waals surface area contributed by atoms with Crippen molar-refractivity contribution >= 4 is 17.9 Å².